The van der Waals surface area contributed by atoms with Gasteiger partial charge in [0, 0.05) is 43.3 Å². The molecule has 0 spiro atoms. The van der Waals surface area contributed by atoms with Crippen molar-refractivity contribution >= 4 is 16.8 Å². The summed E-state index contributed by atoms with van der Waals surface area (Å²) in [5.74, 6) is -0.0571. The summed E-state index contributed by atoms with van der Waals surface area (Å²) in [5, 5.41) is 8.15. The first kappa shape index (κ1) is 12.5. The highest BCUT2D eigenvalue weighted by molar-refractivity contribution is 6.06. The third-order valence-corrected chi connectivity index (χ3v) is 3.27. The van der Waals surface area contributed by atoms with Gasteiger partial charge in [-0.2, -0.15) is 5.10 Å². The summed E-state index contributed by atoms with van der Waals surface area (Å²) < 4.78 is 1.76. The predicted octanol–water partition coefficient (Wildman–Crippen LogP) is 1.87. The Morgan fingerprint density at radius 1 is 1.35 bits per heavy atom. The largest absolute Gasteiger partial charge is 0.360 e. The summed E-state index contributed by atoms with van der Waals surface area (Å²) in [5.41, 5.74) is 2.63. The Morgan fingerprint density at radius 3 is 3.00 bits per heavy atom. The molecule has 5 nitrogen and oxygen atoms in total. The summed E-state index contributed by atoms with van der Waals surface area (Å²) in [7, 11) is 1.88. The van der Waals surface area contributed by atoms with E-state index in [9.17, 15) is 4.79 Å². The van der Waals surface area contributed by atoms with Gasteiger partial charge in [0.2, 0.25) is 0 Å². The van der Waals surface area contributed by atoms with Crippen molar-refractivity contribution in [2.75, 3.05) is 6.54 Å². The van der Waals surface area contributed by atoms with E-state index in [4.69, 9.17) is 0 Å². The van der Waals surface area contributed by atoms with E-state index in [1.54, 1.807) is 10.9 Å². The lowest BCUT2D eigenvalue weighted by molar-refractivity contribution is 0.0956. The summed E-state index contributed by atoms with van der Waals surface area (Å²) >= 11 is 0. The van der Waals surface area contributed by atoms with Crippen molar-refractivity contribution in [2.24, 2.45) is 7.05 Å². The molecule has 1 amide bonds. The fourth-order valence-electron chi connectivity index (χ4n) is 2.26. The summed E-state index contributed by atoms with van der Waals surface area (Å²) in [6.45, 7) is 0.579. The highest BCUT2D eigenvalue weighted by Crippen LogP contribution is 2.17. The van der Waals surface area contributed by atoms with Crippen LogP contribution in [-0.2, 0) is 13.5 Å². The van der Waals surface area contributed by atoms with E-state index < -0.39 is 0 Å². The van der Waals surface area contributed by atoms with Crippen LogP contribution in [0.1, 0.15) is 16.1 Å². The number of nitrogens with one attached hydrogen (secondary N) is 2. The molecule has 0 atom stereocenters. The Bertz CT molecular complexity index is 741. The molecule has 2 heterocycles. The molecule has 0 fully saturated rings. The summed E-state index contributed by atoms with van der Waals surface area (Å²) in [4.78, 5) is 15.3. The number of hydrogen-bond donors (Lipinski definition) is 2. The lowest BCUT2D eigenvalue weighted by Crippen LogP contribution is -2.25. The molecule has 0 radical (unpaired) electrons. The maximum absolute atomic E-state index is 12.2. The minimum Gasteiger partial charge on any atom is -0.360 e. The lowest BCUT2D eigenvalue weighted by atomic mass is 10.1. The van der Waals surface area contributed by atoms with Gasteiger partial charge in [0.05, 0.1) is 11.3 Å². The van der Waals surface area contributed by atoms with Gasteiger partial charge in [-0.15, -0.1) is 0 Å². The van der Waals surface area contributed by atoms with E-state index in [0.29, 0.717) is 12.1 Å². The van der Waals surface area contributed by atoms with Crippen molar-refractivity contribution in [3.63, 3.8) is 0 Å². The maximum Gasteiger partial charge on any atom is 0.253 e. The number of amides is 1. The van der Waals surface area contributed by atoms with E-state index in [2.05, 4.69) is 15.4 Å². The molecule has 0 bridgehead atoms. The Balaban J connectivity index is 1.64. The van der Waals surface area contributed by atoms with Crippen LogP contribution < -0.4 is 5.32 Å². The Morgan fingerprint density at radius 2 is 2.20 bits per heavy atom. The number of nitrogens with zero attached hydrogens (tertiary/aromatic N) is 2. The van der Waals surface area contributed by atoms with Crippen molar-refractivity contribution in [2.45, 2.75) is 6.42 Å². The quantitative estimate of drug-likeness (QED) is 0.759. The lowest BCUT2D eigenvalue weighted by Gasteiger charge is -2.02. The zero-order valence-corrected chi connectivity index (χ0v) is 11.3. The molecule has 5 heteroatoms. The molecule has 3 aromatic rings. The second-order valence-corrected chi connectivity index (χ2v) is 4.73. The molecule has 102 valence electrons. The molecule has 3 rings (SSSR count). The highest BCUT2D eigenvalue weighted by atomic mass is 16.1. The number of para-hydroxylation sites is 1. The first-order valence-corrected chi connectivity index (χ1v) is 6.57. The van der Waals surface area contributed by atoms with Gasteiger partial charge in [-0.3, -0.25) is 9.48 Å². The minimum absolute atomic E-state index is 0.0571. The minimum atomic E-state index is -0.0571. The highest BCUT2D eigenvalue weighted by Gasteiger charge is 2.10. The van der Waals surface area contributed by atoms with Crippen LogP contribution in [0.4, 0.5) is 0 Å². The number of benzene rings is 1. The molecule has 0 aliphatic heterocycles. The van der Waals surface area contributed by atoms with E-state index >= 15 is 0 Å². The molecular weight excluding hydrogens is 252 g/mol. The normalized spacial score (nSPS) is 10.8. The van der Waals surface area contributed by atoms with Gasteiger partial charge in [0.25, 0.3) is 5.91 Å². The molecule has 20 heavy (non-hydrogen) atoms. The summed E-state index contributed by atoms with van der Waals surface area (Å²) in [6, 6.07) is 9.74. The molecule has 0 saturated carbocycles. The van der Waals surface area contributed by atoms with Crippen molar-refractivity contribution in [1.82, 2.24) is 20.1 Å². The van der Waals surface area contributed by atoms with E-state index in [0.717, 1.165) is 23.0 Å². The van der Waals surface area contributed by atoms with Gasteiger partial charge in [-0.1, -0.05) is 18.2 Å². The number of aromatic amines is 1. The molecule has 0 aliphatic carbocycles. The number of hydrogen-bond acceptors (Lipinski definition) is 2. The zero-order chi connectivity index (χ0) is 13.9. The van der Waals surface area contributed by atoms with Crippen LogP contribution in [0.5, 0.6) is 0 Å². The Labute approximate surface area is 116 Å². The molecule has 0 unspecified atom stereocenters. The summed E-state index contributed by atoms with van der Waals surface area (Å²) in [6.07, 6.45) is 4.38. The smallest absolute Gasteiger partial charge is 0.253 e. The number of H-pyrrole nitrogens is 1. The van der Waals surface area contributed by atoms with Gasteiger partial charge in [-0.05, 0) is 12.1 Å². The van der Waals surface area contributed by atoms with Crippen LogP contribution in [0, 0.1) is 0 Å². The van der Waals surface area contributed by atoms with E-state index in [-0.39, 0.29) is 5.91 Å². The van der Waals surface area contributed by atoms with Crippen LogP contribution in [0.2, 0.25) is 0 Å². The number of aromatic nitrogens is 3. The number of carbonyl (C=O) groups is 1. The van der Waals surface area contributed by atoms with Crippen molar-refractivity contribution in [3.05, 3.63) is 54.0 Å². The number of rotatable bonds is 4. The Kier molecular flexibility index (Phi) is 3.25. The number of fused-ring (bicyclic) bond motifs is 1. The monoisotopic (exact) mass is 268 g/mol. The fourth-order valence-corrected chi connectivity index (χ4v) is 2.26. The average molecular weight is 268 g/mol. The first-order chi connectivity index (χ1) is 9.74. The maximum atomic E-state index is 12.2. The van der Waals surface area contributed by atoms with Gasteiger partial charge < -0.3 is 10.3 Å². The average Bonchev–Trinajstić information content (AvgIpc) is 3.05. The van der Waals surface area contributed by atoms with Crippen molar-refractivity contribution in [1.29, 1.82) is 0 Å². The number of carbonyl (C=O) groups excluding carboxylic acids is 1. The van der Waals surface area contributed by atoms with Gasteiger partial charge in [-0.25, -0.2) is 0 Å². The van der Waals surface area contributed by atoms with Crippen molar-refractivity contribution < 1.29 is 4.79 Å². The van der Waals surface area contributed by atoms with Gasteiger partial charge >= 0.3 is 0 Å². The molecule has 1 aromatic carbocycles. The Hall–Kier alpha value is -2.56. The van der Waals surface area contributed by atoms with Crippen LogP contribution in [0.15, 0.2) is 42.7 Å². The third-order valence-electron chi connectivity index (χ3n) is 3.27. The van der Waals surface area contributed by atoms with Crippen LogP contribution in [-0.4, -0.2) is 27.2 Å². The van der Waals surface area contributed by atoms with Crippen LogP contribution in [0.3, 0.4) is 0 Å². The van der Waals surface area contributed by atoms with Gasteiger partial charge in [0.1, 0.15) is 0 Å². The first-order valence-electron chi connectivity index (χ1n) is 6.57. The van der Waals surface area contributed by atoms with E-state index in [1.165, 1.54) is 0 Å². The van der Waals surface area contributed by atoms with Crippen LogP contribution >= 0.6 is 0 Å². The fraction of sp³-hybridized carbons (Fsp3) is 0.200. The van der Waals surface area contributed by atoms with Crippen molar-refractivity contribution in [3.8, 4) is 0 Å². The number of aryl methyl sites for hydroxylation is 1. The standard InChI is InChI=1S/C15H16N4O/c1-19-9-7-11(18-19)6-8-16-15(20)13-10-17-14-5-3-2-4-12(13)14/h2-5,7,9-10,17H,6,8H2,1H3,(H,16,20). The topological polar surface area (TPSA) is 62.7 Å². The molecule has 2 aromatic heterocycles. The molecule has 0 aliphatic rings. The van der Waals surface area contributed by atoms with Crippen LogP contribution in [0.25, 0.3) is 10.9 Å². The van der Waals surface area contributed by atoms with Gasteiger partial charge in [0.15, 0.2) is 0 Å². The molecular formula is C15H16N4O. The zero-order valence-electron chi connectivity index (χ0n) is 11.3. The second kappa shape index (κ2) is 5.21. The van der Waals surface area contributed by atoms with E-state index in [1.807, 2.05) is 43.6 Å². The predicted molar refractivity (Wildman–Crippen MR) is 77.5 cm³/mol. The third kappa shape index (κ3) is 2.42. The molecule has 2 N–H and O–H groups in total. The molecule has 0 saturated heterocycles. The second-order valence-electron chi connectivity index (χ2n) is 4.73. The SMILES string of the molecule is Cn1ccc(CCNC(=O)c2c[nH]c3ccccc23)n1.